The Morgan fingerprint density at radius 2 is 1.90 bits per heavy atom. The highest BCUT2D eigenvalue weighted by atomic mass is 16.6. The van der Waals surface area contributed by atoms with Crippen LogP contribution >= 0.6 is 0 Å². The van der Waals surface area contributed by atoms with Crippen LogP contribution in [0.3, 0.4) is 0 Å². The van der Waals surface area contributed by atoms with Crippen molar-refractivity contribution in [1.82, 2.24) is 4.90 Å². The molecule has 0 aromatic heterocycles. The first-order valence-electron chi connectivity index (χ1n) is 7.26. The molecule has 0 amide bonds. The van der Waals surface area contributed by atoms with Crippen LogP contribution in [0.2, 0.25) is 0 Å². The summed E-state index contributed by atoms with van der Waals surface area (Å²) >= 11 is 0. The maximum absolute atomic E-state index is 6.05. The summed E-state index contributed by atoms with van der Waals surface area (Å²) in [6.45, 7) is 3.27. The van der Waals surface area contributed by atoms with Gasteiger partial charge in [-0.05, 0) is 29.3 Å². The fourth-order valence-electron chi connectivity index (χ4n) is 3.09. The van der Waals surface area contributed by atoms with Crippen LogP contribution in [0.1, 0.15) is 11.1 Å². The fraction of sp³-hybridized carbons (Fsp3) is 0.294. The molecule has 1 unspecified atom stereocenters. The van der Waals surface area contributed by atoms with E-state index in [1.165, 1.54) is 11.1 Å². The van der Waals surface area contributed by atoms with Crippen molar-refractivity contribution in [3.05, 3.63) is 53.6 Å². The van der Waals surface area contributed by atoms with E-state index < -0.39 is 0 Å². The van der Waals surface area contributed by atoms with Crippen LogP contribution in [-0.4, -0.2) is 24.2 Å². The number of rotatable bonds is 2. The molecule has 4 rings (SSSR count). The number of para-hydroxylation sites is 2. The van der Waals surface area contributed by atoms with Gasteiger partial charge < -0.3 is 15.2 Å². The Labute approximate surface area is 124 Å². The Kier molecular flexibility index (Phi) is 2.97. The van der Waals surface area contributed by atoms with E-state index in [0.29, 0.717) is 6.61 Å². The monoisotopic (exact) mass is 282 g/mol. The number of ether oxygens (including phenoxy) is 2. The Bertz CT molecular complexity index is 672. The molecule has 0 fully saturated rings. The van der Waals surface area contributed by atoms with Crippen molar-refractivity contribution in [2.75, 3.05) is 18.9 Å². The zero-order chi connectivity index (χ0) is 14.2. The van der Waals surface area contributed by atoms with E-state index in [0.717, 1.165) is 36.8 Å². The van der Waals surface area contributed by atoms with E-state index in [2.05, 4.69) is 11.0 Å². The second-order valence-corrected chi connectivity index (χ2v) is 5.65. The van der Waals surface area contributed by atoms with Crippen molar-refractivity contribution < 1.29 is 9.47 Å². The Morgan fingerprint density at radius 3 is 2.76 bits per heavy atom. The molecular formula is C17H18N2O2. The van der Waals surface area contributed by atoms with Crippen LogP contribution in [0.25, 0.3) is 0 Å². The molecule has 1 atom stereocenters. The average Bonchev–Trinajstić information content (AvgIpc) is 2.91. The van der Waals surface area contributed by atoms with E-state index in [9.17, 15) is 0 Å². The van der Waals surface area contributed by atoms with Crippen LogP contribution in [0.15, 0.2) is 42.5 Å². The summed E-state index contributed by atoms with van der Waals surface area (Å²) in [5, 5.41) is 0. The molecule has 2 aliphatic rings. The molecule has 0 saturated heterocycles. The maximum Gasteiger partial charge on any atom is 0.161 e. The zero-order valence-corrected chi connectivity index (χ0v) is 11.8. The standard InChI is InChI=1S/C17H18N2O2/c18-15-5-3-4-12-8-19(10-14(12)15)9-13-11-20-16-6-1-2-7-17(16)21-13/h1-7,13H,8-11,18H2. The first-order valence-corrected chi connectivity index (χ1v) is 7.26. The molecular weight excluding hydrogens is 264 g/mol. The van der Waals surface area contributed by atoms with Crippen LogP contribution in [-0.2, 0) is 13.1 Å². The lowest BCUT2D eigenvalue weighted by Crippen LogP contribution is -2.39. The van der Waals surface area contributed by atoms with E-state index in [-0.39, 0.29) is 6.10 Å². The Morgan fingerprint density at radius 1 is 1.05 bits per heavy atom. The van der Waals surface area contributed by atoms with Crippen molar-refractivity contribution in [3.8, 4) is 11.5 Å². The van der Waals surface area contributed by atoms with Crippen LogP contribution in [0, 0.1) is 0 Å². The highest BCUT2D eigenvalue weighted by Gasteiger charge is 2.27. The highest BCUT2D eigenvalue weighted by Crippen LogP contribution is 2.32. The van der Waals surface area contributed by atoms with Crippen molar-refractivity contribution in [1.29, 1.82) is 0 Å². The lowest BCUT2D eigenvalue weighted by Gasteiger charge is -2.29. The fourth-order valence-corrected chi connectivity index (χ4v) is 3.09. The molecule has 0 radical (unpaired) electrons. The van der Waals surface area contributed by atoms with Crippen molar-refractivity contribution in [2.24, 2.45) is 0 Å². The molecule has 0 aliphatic carbocycles. The Balaban J connectivity index is 1.44. The summed E-state index contributed by atoms with van der Waals surface area (Å²) in [5.74, 6) is 1.67. The minimum absolute atomic E-state index is 0.0652. The molecule has 2 heterocycles. The van der Waals surface area contributed by atoms with Gasteiger partial charge >= 0.3 is 0 Å². The van der Waals surface area contributed by atoms with Crippen LogP contribution in [0.5, 0.6) is 11.5 Å². The number of nitrogen functional groups attached to an aromatic ring is 1. The third-order valence-electron chi connectivity index (χ3n) is 4.11. The van der Waals surface area contributed by atoms with Crippen molar-refractivity contribution in [3.63, 3.8) is 0 Å². The number of anilines is 1. The van der Waals surface area contributed by atoms with E-state index >= 15 is 0 Å². The van der Waals surface area contributed by atoms with Gasteiger partial charge in [0.25, 0.3) is 0 Å². The summed E-state index contributed by atoms with van der Waals surface area (Å²) in [6, 6.07) is 14.0. The van der Waals surface area contributed by atoms with Crippen LogP contribution < -0.4 is 15.2 Å². The number of hydrogen-bond acceptors (Lipinski definition) is 4. The minimum Gasteiger partial charge on any atom is -0.486 e. The predicted molar refractivity (Wildman–Crippen MR) is 81.3 cm³/mol. The van der Waals surface area contributed by atoms with Gasteiger partial charge in [-0.25, -0.2) is 0 Å². The molecule has 4 heteroatoms. The number of nitrogens with two attached hydrogens (primary N) is 1. The Hall–Kier alpha value is -2.20. The predicted octanol–water partition coefficient (Wildman–Crippen LogP) is 2.42. The number of benzene rings is 2. The molecule has 0 bridgehead atoms. The summed E-state index contributed by atoms with van der Waals surface area (Å²) in [7, 11) is 0. The van der Waals surface area contributed by atoms with Gasteiger partial charge in [0.15, 0.2) is 11.5 Å². The zero-order valence-electron chi connectivity index (χ0n) is 11.8. The van der Waals surface area contributed by atoms with Crippen LogP contribution in [0.4, 0.5) is 5.69 Å². The number of hydrogen-bond donors (Lipinski definition) is 1. The van der Waals surface area contributed by atoms with Gasteiger partial charge in [0.1, 0.15) is 12.7 Å². The van der Waals surface area contributed by atoms with E-state index in [4.69, 9.17) is 15.2 Å². The maximum atomic E-state index is 6.05. The molecule has 2 aromatic rings. The smallest absolute Gasteiger partial charge is 0.161 e. The van der Waals surface area contributed by atoms with Gasteiger partial charge in [-0.3, -0.25) is 4.90 Å². The summed E-state index contributed by atoms with van der Waals surface area (Å²) in [6.07, 6.45) is 0.0652. The first-order chi connectivity index (χ1) is 10.3. The number of nitrogens with zero attached hydrogens (tertiary/aromatic N) is 1. The lowest BCUT2D eigenvalue weighted by atomic mass is 10.1. The van der Waals surface area contributed by atoms with E-state index in [1.807, 2.05) is 36.4 Å². The lowest BCUT2D eigenvalue weighted by molar-refractivity contribution is 0.0578. The highest BCUT2D eigenvalue weighted by molar-refractivity contribution is 5.52. The second-order valence-electron chi connectivity index (χ2n) is 5.65. The molecule has 2 N–H and O–H groups in total. The second kappa shape index (κ2) is 4.97. The van der Waals surface area contributed by atoms with Gasteiger partial charge in [0.05, 0.1) is 0 Å². The van der Waals surface area contributed by atoms with Crippen molar-refractivity contribution in [2.45, 2.75) is 19.2 Å². The van der Waals surface area contributed by atoms with Gasteiger partial charge in [0, 0.05) is 25.3 Å². The topological polar surface area (TPSA) is 47.7 Å². The summed E-state index contributed by atoms with van der Waals surface area (Å²) in [4.78, 5) is 2.36. The molecule has 21 heavy (non-hydrogen) atoms. The number of fused-ring (bicyclic) bond motifs is 2. The molecule has 0 saturated carbocycles. The largest absolute Gasteiger partial charge is 0.486 e. The summed E-state index contributed by atoms with van der Waals surface area (Å²) < 4.78 is 11.8. The molecule has 2 aromatic carbocycles. The molecule has 4 nitrogen and oxygen atoms in total. The van der Waals surface area contributed by atoms with Gasteiger partial charge in [-0.2, -0.15) is 0 Å². The normalized spacial score (nSPS) is 20.3. The first kappa shape index (κ1) is 12.5. The average molecular weight is 282 g/mol. The van der Waals surface area contributed by atoms with Gasteiger partial charge in [0.2, 0.25) is 0 Å². The molecule has 108 valence electrons. The third kappa shape index (κ3) is 2.32. The quantitative estimate of drug-likeness (QED) is 0.859. The summed E-state index contributed by atoms with van der Waals surface area (Å²) in [5.41, 5.74) is 9.52. The molecule has 2 aliphatic heterocycles. The third-order valence-corrected chi connectivity index (χ3v) is 4.11. The van der Waals surface area contributed by atoms with Crippen molar-refractivity contribution >= 4 is 5.69 Å². The van der Waals surface area contributed by atoms with Gasteiger partial charge in [-0.15, -0.1) is 0 Å². The van der Waals surface area contributed by atoms with E-state index in [1.54, 1.807) is 0 Å². The molecule has 0 spiro atoms. The minimum atomic E-state index is 0.0652. The van der Waals surface area contributed by atoms with Gasteiger partial charge in [-0.1, -0.05) is 24.3 Å². The SMILES string of the molecule is Nc1cccc2c1CN(CC1COc3ccccc3O1)C2.